The predicted octanol–water partition coefficient (Wildman–Crippen LogP) is 3.98. The number of aryl methyl sites for hydroxylation is 1. The van der Waals surface area contributed by atoms with Crippen LogP contribution in [0.4, 0.5) is 5.69 Å². The van der Waals surface area contributed by atoms with E-state index in [1.54, 1.807) is 0 Å². The fourth-order valence-electron chi connectivity index (χ4n) is 2.68. The van der Waals surface area contributed by atoms with Crippen LogP contribution in [0.25, 0.3) is 6.08 Å². The molecule has 1 N–H and O–H groups in total. The molecule has 0 spiro atoms. The van der Waals surface area contributed by atoms with E-state index in [1.807, 2.05) is 13.1 Å². The molecule has 0 saturated heterocycles. The fourth-order valence-corrected chi connectivity index (χ4v) is 2.68. The number of benzene rings is 1. The molecule has 0 bridgehead atoms. The summed E-state index contributed by atoms with van der Waals surface area (Å²) in [5.74, 6) is 0.815. The van der Waals surface area contributed by atoms with Crippen LogP contribution in [0.1, 0.15) is 30.4 Å². The third kappa shape index (κ3) is 3.31. The van der Waals surface area contributed by atoms with E-state index in [4.69, 9.17) is 0 Å². The fraction of sp³-hybridized carbons (Fsp3) is 0.444. The van der Waals surface area contributed by atoms with Crippen molar-refractivity contribution in [3.05, 3.63) is 48.2 Å². The number of hydrogen-bond acceptors (Lipinski definition) is 2. The topological polar surface area (TPSA) is 15.3 Å². The summed E-state index contributed by atoms with van der Waals surface area (Å²) >= 11 is 0. The lowest BCUT2D eigenvalue weighted by molar-refractivity contribution is 0.321. The summed E-state index contributed by atoms with van der Waals surface area (Å²) in [5.41, 5.74) is 4.88. The molecule has 0 atom stereocenters. The van der Waals surface area contributed by atoms with E-state index in [-0.39, 0.29) is 0 Å². The molecular formula is C18H26N2. The van der Waals surface area contributed by atoms with Gasteiger partial charge in [-0.3, -0.25) is 0 Å². The maximum atomic E-state index is 4.27. The van der Waals surface area contributed by atoms with E-state index in [0.717, 1.165) is 24.7 Å². The van der Waals surface area contributed by atoms with Gasteiger partial charge in [-0.15, -0.1) is 0 Å². The van der Waals surface area contributed by atoms with Gasteiger partial charge in [0.1, 0.15) is 0 Å². The average molecular weight is 270 g/mol. The van der Waals surface area contributed by atoms with Crippen LogP contribution in [-0.4, -0.2) is 20.1 Å². The summed E-state index contributed by atoms with van der Waals surface area (Å²) in [5, 5.41) is 3.21. The standard InChI is InChI=1S/C18H26N2/c1-5-16-10-9-14(2)18(11-16)20(15(3)12-19-4)13-17-7-6-8-17/h5,9-11,17,19H,1,3,6-8,12-13H2,2,4H3. The van der Waals surface area contributed by atoms with Crippen LogP contribution in [0.15, 0.2) is 37.1 Å². The van der Waals surface area contributed by atoms with Crippen LogP contribution in [-0.2, 0) is 0 Å². The van der Waals surface area contributed by atoms with Gasteiger partial charge < -0.3 is 10.2 Å². The lowest BCUT2D eigenvalue weighted by atomic mass is 9.85. The van der Waals surface area contributed by atoms with Gasteiger partial charge in [-0.05, 0) is 49.9 Å². The number of nitrogens with zero attached hydrogens (tertiary/aromatic N) is 1. The molecule has 0 aromatic heterocycles. The van der Waals surface area contributed by atoms with Gasteiger partial charge in [0.25, 0.3) is 0 Å². The Bertz CT molecular complexity index is 486. The number of nitrogens with one attached hydrogen (secondary N) is 1. The van der Waals surface area contributed by atoms with Gasteiger partial charge in [0.2, 0.25) is 0 Å². The minimum Gasteiger partial charge on any atom is -0.344 e. The van der Waals surface area contributed by atoms with Gasteiger partial charge >= 0.3 is 0 Å². The van der Waals surface area contributed by atoms with Gasteiger partial charge in [-0.25, -0.2) is 0 Å². The quantitative estimate of drug-likeness (QED) is 0.806. The first-order valence-electron chi connectivity index (χ1n) is 7.48. The lowest BCUT2D eigenvalue weighted by Crippen LogP contribution is -2.35. The predicted molar refractivity (Wildman–Crippen MR) is 89.0 cm³/mol. The van der Waals surface area contributed by atoms with E-state index in [1.165, 1.54) is 36.1 Å². The summed E-state index contributed by atoms with van der Waals surface area (Å²) < 4.78 is 0. The summed E-state index contributed by atoms with van der Waals surface area (Å²) in [4.78, 5) is 2.39. The largest absolute Gasteiger partial charge is 0.344 e. The Balaban J connectivity index is 2.28. The maximum Gasteiger partial charge on any atom is 0.0444 e. The molecule has 108 valence electrons. The normalized spacial score (nSPS) is 14.7. The van der Waals surface area contributed by atoms with Crippen LogP contribution < -0.4 is 10.2 Å². The molecule has 0 unspecified atom stereocenters. The highest BCUT2D eigenvalue weighted by Crippen LogP contribution is 2.32. The zero-order valence-electron chi connectivity index (χ0n) is 12.8. The van der Waals surface area contributed by atoms with Crippen molar-refractivity contribution >= 4 is 11.8 Å². The smallest absolute Gasteiger partial charge is 0.0444 e. The monoisotopic (exact) mass is 270 g/mol. The van der Waals surface area contributed by atoms with E-state index in [9.17, 15) is 0 Å². The molecule has 1 aliphatic rings. The van der Waals surface area contributed by atoms with Crippen molar-refractivity contribution in [1.29, 1.82) is 0 Å². The molecule has 1 saturated carbocycles. The summed E-state index contributed by atoms with van der Waals surface area (Å²) in [6, 6.07) is 6.52. The number of hydrogen-bond donors (Lipinski definition) is 1. The van der Waals surface area contributed by atoms with Crippen molar-refractivity contribution in [2.24, 2.45) is 5.92 Å². The van der Waals surface area contributed by atoms with Crippen LogP contribution in [0.2, 0.25) is 0 Å². The van der Waals surface area contributed by atoms with E-state index in [0.29, 0.717) is 0 Å². The first-order valence-corrected chi connectivity index (χ1v) is 7.48. The molecule has 0 radical (unpaired) electrons. The van der Waals surface area contributed by atoms with E-state index >= 15 is 0 Å². The van der Waals surface area contributed by atoms with Crippen molar-refractivity contribution in [3.63, 3.8) is 0 Å². The molecule has 1 aromatic rings. The molecular weight excluding hydrogens is 244 g/mol. The molecule has 2 rings (SSSR count). The van der Waals surface area contributed by atoms with Crippen LogP contribution in [0.3, 0.4) is 0 Å². The first kappa shape index (κ1) is 14.9. The second-order valence-electron chi connectivity index (χ2n) is 5.75. The van der Waals surface area contributed by atoms with Gasteiger partial charge in [-0.2, -0.15) is 0 Å². The van der Waals surface area contributed by atoms with Crippen molar-refractivity contribution in [2.75, 3.05) is 25.0 Å². The Labute approximate surface area is 123 Å². The van der Waals surface area contributed by atoms with E-state index < -0.39 is 0 Å². The molecule has 0 aliphatic heterocycles. The van der Waals surface area contributed by atoms with Crippen LogP contribution >= 0.6 is 0 Å². The second-order valence-corrected chi connectivity index (χ2v) is 5.75. The highest BCUT2D eigenvalue weighted by atomic mass is 15.2. The Kier molecular flexibility index (Phi) is 5.02. The Morgan fingerprint density at radius 1 is 1.45 bits per heavy atom. The van der Waals surface area contributed by atoms with Crippen molar-refractivity contribution in [1.82, 2.24) is 5.32 Å². The van der Waals surface area contributed by atoms with Crippen LogP contribution in [0, 0.1) is 12.8 Å². The highest BCUT2D eigenvalue weighted by Gasteiger charge is 2.23. The maximum absolute atomic E-state index is 4.27. The zero-order chi connectivity index (χ0) is 14.5. The molecule has 0 amide bonds. The minimum atomic E-state index is 0.815. The van der Waals surface area contributed by atoms with Crippen LogP contribution in [0.5, 0.6) is 0 Å². The van der Waals surface area contributed by atoms with Gasteiger partial charge in [0, 0.05) is 24.5 Å². The molecule has 0 heterocycles. The van der Waals surface area contributed by atoms with Gasteiger partial charge in [0.15, 0.2) is 0 Å². The SMILES string of the molecule is C=Cc1ccc(C)c(N(CC2CCC2)C(=C)CNC)c1. The molecule has 1 fully saturated rings. The first-order chi connectivity index (χ1) is 9.65. The summed E-state index contributed by atoms with van der Waals surface area (Å²) in [7, 11) is 1.97. The average Bonchev–Trinajstić information content (AvgIpc) is 2.39. The number of anilines is 1. The zero-order valence-corrected chi connectivity index (χ0v) is 12.8. The molecule has 1 aromatic carbocycles. The Hall–Kier alpha value is -1.54. The van der Waals surface area contributed by atoms with E-state index in [2.05, 4.69) is 48.5 Å². The van der Waals surface area contributed by atoms with Gasteiger partial charge in [0.05, 0.1) is 0 Å². The number of likely N-dealkylation sites (N-methyl/N-ethyl adjacent to an activating group) is 1. The highest BCUT2D eigenvalue weighted by molar-refractivity contribution is 5.63. The van der Waals surface area contributed by atoms with Crippen molar-refractivity contribution in [2.45, 2.75) is 26.2 Å². The molecule has 20 heavy (non-hydrogen) atoms. The molecule has 2 nitrogen and oxygen atoms in total. The lowest BCUT2D eigenvalue weighted by Gasteiger charge is -2.35. The third-order valence-electron chi connectivity index (χ3n) is 4.19. The minimum absolute atomic E-state index is 0.815. The summed E-state index contributed by atoms with van der Waals surface area (Å²) in [6.45, 7) is 12.2. The molecule has 1 aliphatic carbocycles. The van der Waals surface area contributed by atoms with Crippen molar-refractivity contribution < 1.29 is 0 Å². The van der Waals surface area contributed by atoms with Gasteiger partial charge in [-0.1, -0.05) is 37.8 Å². The Morgan fingerprint density at radius 2 is 2.20 bits per heavy atom. The number of rotatable bonds is 7. The summed E-state index contributed by atoms with van der Waals surface area (Å²) in [6.07, 6.45) is 5.99. The Morgan fingerprint density at radius 3 is 2.75 bits per heavy atom. The third-order valence-corrected chi connectivity index (χ3v) is 4.19. The molecule has 2 heteroatoms. The van der Waals surface area contributed by atoms with Crippen molar-refractivity contribution in [3.8, 4) is 0 Å². The second kappa shape index (κ2) is 6.76.